The molecule has 0 fully saturated rings. The van der Waals surface area contributed by atoms with Gasteiger partial charge in [0.05, 0.1) is 0 Å². The summed E-state index contributed by atoms with van der Waals surface area (Å²) in [6.07, 6.45) is -0.0750. The van der Waals surface area contributed by atoms with Crippen LogP contribution in [0.15, 0.2) is 48.5 Å². The minimum absolute atomic E-state index is 0.0529. The highest BCUT2D eigenvalue weighted by molar-refractivity contribution is 5.84. The number of carboxylic acids is 1. The molecule has 0 radical (unpaired) electrons. The molecule has 0 aromatic heterocycles. The van der Waals surface area contributed by atoms with Crippen molar-refractivity contribution in [3.63, 3.8) is 0 Å². The monoisotopic (exact) mass is 367 g/mol. The zero-order valence-electron chi connectivity index (χ0n) is 15.9. The first-order valence-corrected chi connectivity index (χ1v) is 9.25. The lowest BCUT2D eigenvalue weighted by Gasteiger charge is -2.31. The molecule has 2 aromatic carbocycles. The fourth-order valence-corrected chi connectivity index (χ4v) is 3.64. The average Bonchev–Trinajstić information content (AvgIpc) is 2.99. The van der Waals surface area contributed by atoms with Gasteiger partial charge in [-0.1, -0.05) is 68.8 Å². The number of alkyl carbamates (subject to hydrolysis) is 1. The van der Waals surface area contributed by atoms with E-state index < -0.39 is 17.6 Å². The number of carbonyl (C=O) groups excluding carboxylic acids is 1. The Hall–Kier alpha value is -2.82. The molecular weight excluding hydrogens is 342 g/mol. The second kappa shape index (κ2) is 7.43. The lowest BCUT2D eigenvalue weighted by atomic mass is 9.85. The van der Waals surface area contributed by atoms with E-state index in [-0.39, 0.29) is 18.4 Å². The molecule has 2 N–H and O–H groups in total. The zero-order valence-corrected chi connectivity index (χ0v) is 15.9. The summed E-state index contributed by atoms with van der Waals surface area (Å²) in [4.78, 5) is 24.0. The molecule has 0 unspecified atom stereocenters. The summed E-state index contributed by atoms with van der Waals surface area (Å²) in [5.41, 5.74) is 3.18. The normalized spacial score (nSPS) is 16.0. The van der Waals surface area contributed by atoms with Crippen LogP contribution in [0.1, 0.15) is 44.2 Å². The number of benzene rings is 2. The number of aliphatic carboxylic acids is 1. The number of carbonyl (C=O) groups is 2. The number of nitrogens with one attached hydrogen (secondary N) is 1. The topological polar surface area (TPSA) is 75.6 Å². The maximum absolute atomic E-state index is 12.4. The van der Waals surface area contributed by atoms with Crippen LogP contribution in [0.25, 0.3) is 11.1 Å². The van der Waals surface area contributed by atoms with E-state index in [0.717, 1.165) is 22.3 Å². The number of fused-ring (bicyclic) bond motifs is 3. The third-order valence-electron chi connectivity index (χ3n) is 5.75. The van der Waals surface area contributed by atoms with Gasteiger partial charge in [0.1, 0.15) is 12.1 Å². The molecule has 0 heterocycles. The minimum atomic E-state index is -1.36. The molecule has 142 valence electrons. The molecule has 1 aliphatic carbocycles. The summed E-state index contributed by atoms with van der Waals surface area (Å²) in [6, 6.07) is 16.2. The van der Waals surface area contributed by atoms with E-state index in [4.69, 9.17) is 4.74 Å². The third kappa shape index (κ3) is 3.42. The Balaban J connectivity index is 1.75. The van der Waals surface area contributed by atoms with E-state index in [0.29, 0.717) is 6.42 Å². The second-order valence-electron chi connectivity index (χ2n) is 7.27. The molecule has 1 amide bonds. The van der Waals surface area contributed by atoms with Crippen molar-refractivity contribution in [2.75, 3.05) is 6.61 Å². The number of carboxylic acid groups (broad SMARTS) is 1. The van der Waals surface area contributed by atoms with Crippen LogP contribution in [-0.2, 0) is 9.53 Å². The lowest BCUT2D eigenvalue weighted by molar-refractivity contribution is -0.146. The number of hydrogen-bond donors (Lipinski definition) is 2. The van der Waals surface area contributed by atoms with Gasteiger partial charge >= 0.3 is 12.1 Å². The van der Waals surface area contributed by atoms with Crippen molar-refractivity contribution in [3.05, 3.63) is 59.7 Å². The molecule has 1 aliphatic rings. The van der Waals surface area contributed by atoms with Crippen LogP contribution >= 0.6 is 0 Å². The zero-order chi connectivity index (χ0) is 19.6. The summed E-state index contributed by atoms with van der Waals surface area (Å²) in [6.45, 7) is 5.38. The van der Waals surface area contributed by atoms with Crippen molar-refractivity contribution in [2.45, 2.75) is 38.6 Å². The predicted octanol–water partition coefficient (Wildman–Crippen LogP) is 4.41. The first kappa shape index (κ1) is 19.0. The molecule has 0 spiro atoms. The quantitative estimate of drug-likeness (QED) is 0.793. The Bertz CT molecular complexity index is 817. The van der Waals surface area contributed by atoms with Crippen molar-refractivity contribution in [1.82, 2.24) is 5.32 Å². The highest BCUT2D eigenvalue weighted by Crippen LogP contribution is 2.44. The van der Waals surface area contributed by atoms with Crippen molar-refractivity contribution in [3.8, 4) is 11.1 Å². The Morgan fingerprint density at radius 2 is 1.63 bits per heavy atom. The predicted molar refractivity (Wildman–Crippen MR) is 104 cm³/mol. The highest BCUT2D eigenvalue weighted by Gasteiger charge is 2.40. The summed E-state index contributed by atoms with van der Waals surface area (Å²) < 4.78 is 5.47. The van der Waals surface area contributed by atoms with Gasteiger partial charge in [-0.05, 0) is 35.1 Å². The fraction of sp³-hybridized carbons (Fsp3) is 0.364. The van der Waals surface area contributed by atoms with Crippen LogP contribution in [-0.4, -0.2) is 29.3 Å². The third-order valence-corrected chi connectivity index (χ3v) is 5.75. The molecule has 5 heteroatoms. The van der Waals surface area contributed by atoms with Crippen LogP contribution in [0.4, 0.5) is 4.79 Å². The van der Waals surface area contributed by atoms with Gasteiger partial charge in [0, 0.05) is 5.92 Å². The van der Waals surface area contributed by atoms with E-state index in [1.54, 1.807) is 6.92 Å². The van der Waals surface area contributed by atoms with Gasteiger partial charge in [0.25, 0.3) is 0 Å². The van der Waals surface area contributed by atoms with Crippen molar-refractivity contribution >= 4 is 12.1 Å². The Labute approximate surface area is 159 Å². The first-order valence-electron chi connectivity index (χ1n) is 9.25. The van der Waals surface area contributed by atoms with Gasteiger partial charge in [-0.25, -0.2) is 9.59 Å². The Morgan fingerprint density at radius 3 is 2.11 bits per heavy atom. The highest BCUT2D eigenvalue weighted by atomic mass is 16.5. The summed E-state index contributed by atoms with van der Waals surface area (Å²) in [5, 5.41) is 12.1. The summed E-state index contributed by atoms with van der Waals surface area (Å²) in [5.74, 6) is -1.34. The number of ether oxygens (including phenoxy) is 1. The maximum Gasteiger partial charge on any atom is 0.408 e. The molecule has 0 bridgehead atoms. The van der Waals surface area contributed by atoms with Crippen LogP contribution in [0.3, 0.4) is 0 Å². The van der Waals surface area contributed by atoms with Gasteiger partial charge in [-0.15, -0.1) is 0 Å². The van der Waals surface area contributed by atoms with Crippen LogP contribution in [0.5, 0.6) is 0 Å². The van der Waals surface area contributed by atoms with Gasteiger partial charge in [0.2, 0.25) is 0 Å². The standard InChI is InChI=1S/C22H25NO4/c1-4-14(2)22(3,20(24)25)23-21(26)27-13-19-17-11-7-5-9-15(17)16-10-6-8-12-18(16)19/h5-12,14,19H,4,13H2,1-3H3,(H,23,26)(H,24,25)/t14-,22-/m0/s1. The lowest BCUT2D eigenvalue weighted by Crippen LogP contribution is -2.56. The molecule has 27 heavy (non-hydrogen) atoms. The van der Waals surface area contributed by atoms with Gasteiger partial charge in [-0.2, -0.15) is 0 Å². The Morgan fingerprint density at radius 1 is 1.11 bits per heavy atom. The molecule has 0 saturated heterocycles. The fourth-order valence-electron chi connectivity index (χ4n) is 3.64. The number of rotatable bonds is 6. The summed E-state index contributed by atoms with van der Waals surface area (Å²) >= 11 is 0. The van der Waals surface area contributed by atoms with Gasteiger partial charge in [0.15, 0.2) is 0 Å². The average molecular weight is 367 g/mol. The molecule has 0 aliphatic heterocycles. The van der Waals surface area contributed by atoms with E-state index in [2.05, 4.69) is 17.4 Å². The number of amides is 1. The minimum Gasteiger partial charge on any atom is -0.480 e. The van der Waals surface area contributed by atoms with Gasteiger partial charge in [-0.3, -0.25) is 0 Å². The molecule has 2 aromatic rings. The first-order chi connectivity index (χ1) is 12.9. The van der Waals surface area contributed by atoms with Crippen molar-refractivity contribution in [1.29, 1.82) is 0 Å². The van der Waals surface area contributed by atoms with Crippen LogP contribution in [0, 0.1) is 5.92 Å². The van der Waals surface area contributed by atoms with E-state index in [9.17, 15) is 14.7 Å². The molecule has 0 saturated carbocycles. The molecule has 2 atom stereocenters. The molecular formula is C22H25NO4. The van der Waals surface area contributed by atoms with E-state index in [1.165, 1.54) is 6.92 Å². The van der Waals surface area contributed by atoms with Crippen molar-refractivity contribution in [2.24, 2.45) is 5.92 Å². The maximum atomic E-state index is 12.4. The molecule has 5 nitrogen and oxygen atoms in total. The smallest absolute Gasteiger partial charge is 0.408 e. The van der Waals surface area contributed by atoms with Crippen LogP contribution in [0.2, 0.25) is 0 Å². The van der Waals surface area contributed by atoms with Crippen molar-refractivity contribution < 1.29 is 19.4 Å². The molecule has 3 rings (SSSR count). The Kier molecular flexibility index (Phi) is 5.22. The van der Waals surface area contributed by atoms with E-state index >= 15 is 0 Å². The van der Waals surface area contributed by atoms with Gasteiger partial charge < -0.3 is 15.2 Å². The van der Waals surface area contributed by atoms with E-state index in [1.807, 2.05) is 43.3 Å². The largest absolute Gasteiger partial charge is 0.480 e. The SMILES string of the molecule is CC[C@H](C)[C@](C)(NC(=O)OCC1c2ccccc2-c2ccccc21)C(=O)O. The second-order valence-corrected chi connectivity index (χ2v) is 7.27. The van der Waals surface area contributed by atoms with Crippen LogP contribution < -0.4 is 5.32 Å². The number of hydrogen-bond acceptors (Lipinski definition) is 3. The summed E-state index contributed by atoms with van der Waals surface area (Å²) in [7, 11) is 0.